The van der Waals surface area contributed by atoms with Crippen molar-refractivity contribution in [2.24, 2.45) is 28.2 Å². The number of hydrogen-bond acceptors (Lipinski definition) is 36. The molecule has 38 nitrogen and oxygen atoms in total. The van der Waals surface area contributed by atoms with E-state index >= 15 is 0 Å². The second kappa shape index (κ2) is 19.1. The largest absolute Gasteiger partial charge is 0.504 e. The van der Waals surface area contributed by atoms with Crippen LogP contribution in [0.15, 0.2) is 0 Å². The maximum Gasteiger partial charge on any atom is 0.319 e. The number of rotatable bonds is 24. The van der Waals surface area contributed by atoms with Gasteiger partial charge in [-0.15, -0.1) is 0 Å². The van der Waals surface area contributed by atoms with Crippen molar-refractivity contribution < 1.29 is 177 Å². The summed E-state index contributed by atoms with van der Waals surface area (Å²) in [5.74, 6) is -66.3. The van der Waals surface area contributed by atoms with Gasteiger partial charge in [-0.3, -0.25) is 20.1 Å². The van der Waals surface area contributed by atoms with Gasteiger partial charge in [0.1, 0.15) is 11.2 Å². The first kappa shape index (κ1) is 70.0. The lowest BCUT2D eigenvalue weighted by atomic mass is 9.46. The molecule has 0 saturated carbocycles. The van der Waals surface area contributed by atoms with E-state index in [4.69, 9.17) is 16.2 Å². The molecule has 9 atom stereocenters. The standard InChI is InChI=1S/C38H69N3O35/c1-12(33(63,64)65)30(60,20(47)41-36(68,69)32(19(39)46,25(6,51)52)37(70,71)72)11-31(61,62)35(40,67)23(4,49)22(3,34(66,26(7,53)54)27(8,55)56)21(2,48)13-14(42)16(44)17(45)18(15(13)43)75-28(9,57)24(5,50)38(73,74)76-29(10,58)59/h12,42-45,48-74H,11,40H2,1-10H3,(H2,39,46)(H,41,47). The van der Waals surface area contributed by atoms with Crippen LogP contribution in [0.5, 0.6) is 28.7 Å². The lowest BCUT2D eigenvalue weighted by Crippen LogP contribution is -2.88. The molecule has 1 aromatic carbocycles. The molecule has 446 valence electrons. The Morgan fingerprint density at radius 3 is 1.28 bits per heavy atom. The highest BCUT2D eigenvalue weighted by molar-refractivity contribution is 5.89. The Hall–Kier alpha value is -4.00. The number of phenolic OH excluding ortho intramolecular Hbond substituents is 4. The molecular weight excluding hydrogens is 1060 g/mol. The van der Waals surface area contributed by atoms with E-state index in [0.717, 1.165) is 0 Å². The Balaban J connectivity index is 4.84. The Morgan fingerprint density at radius 1 is 0.566 bits per heavy atom. The average molecular weight is 1130 g/mol. The van der Waals surface area contributed by atoms with Gasteiger partial charge in [0, 0.05) is 20.3 Å². The third-order valence-electron chi connectivity index (χ3n) is 14.0. The SMILES string of the molecule is CC(C(O)(O)O)C(O)(CC(O)(O)C(N)(O)C(C)(O)C(C)(C(C)(O)c1c(O)c(O)c(O)c(OC(C)(O)C(C)(O)C(O)(O)OC(C)(O)O)c1O)C(O)(C(C)(O)O)C(C)(O)O)C(=O)NC(O)(O)C(C(N)=O)(C(C)(O)O)C(O)(O)O. The zero-order valence-corrected chi connectivity index (χ0v) is 41.4. The predicted molar refractivity (Wildman–Crippen MR) is 229 cm³/mol. The maximum atomic E-state index is 14.0. The molecule has 9 unspecified atom stereocenters. The number of amides is 2. The maximum absolute atomic E-state index is 14.0. The number of nitrogens with one attached hydrogen (secondary N) is 1. The molecule has 0 radical (unpaired) electrons. The second-order valence-corrected chi connectivity index (χ2v) is 19.9. The number of ether oxygens (including phenoxy) is 2. The molecular formula is C38H69N3O35. The summed E-state index contributed by atoms with van der Waals surface area (Å²) in [5.41, 5.74) is -29.6. The van der Waals surface area contributed by atoms with Crippen molar-refractivity contribution >= 4 is 11.8 Å². The van der Waals surface area contributed by atoms with E-state index in [-0.39, 0.29) is 62.3 Å². The molecule has 0 bridgehead atoms. The van der Waals surface area contributed by atoms with Gasteiger partial charge in [0.15, 0.2) is 45.8 Å². The van der Waals surface area contributed by atoms with Gasteiger partial charge in [0.25, 0.3) is 29.2 Å². The summed E-state index contributed by atoms with van der Waals surface area (Å²) in [6, 6.07) is 0. The van der Waals surface area contributed by atoms with Gasteiger partial charge in [0.05, 0.1) is 16.9 Å². The number of aliphatic hydroxyl groups is 27. The highest BCUT2D eigenvalue weighted by Crippen LogP contribution is 2.67. The molecule has 36 N–H and O–H groups in total. The number of primary amides is 1. The lowest BCUT2D eigenvalue weighted by Gasteiger charge is -2.66. The molecule has 0 saturated heterocycles. The molecule has 0 aliphatic rings. The van der Waals surface area contributed by atoms with Gasteiger partial charge >= 0.3 is 11.9 Å². The predicted octanol–water partition coefficient (Wildman–Crippen LogP) is -15.0. The molecule has 1 rings (SSSR count). The van der Waals surface area contributed by atoms with Crippen LogP contribution in [-0.4, -0.2) is 257 Å². The van der Waals surface area contributed by atoms with Crippen LogP contribution in [0.2, 0.25) is 0 Å². The summed E-state index contributed by atoms with van der Waals surface area (Å²) in [7, 11) is 0. The zero-order chi connectivity index (χ0) is 62.0. The van der Waals surface area contributed by atoms with Gasteiger partial charge in [0.2, 0.25) is 40.3 Å². The minimum Gasteiger partial charge on any atom is -0.504 e. The van der Waals surface area contributed by atoms with Crippen LogP contribution >= 0.6 is 0 Å². The van der Waals surface area contributed by atoms with Crippen molar-refractivity contribution in [1.82, 2.24) is 5.32 Å². The molecule has 0 aliphatic heterocycles. The number of hydrogen-bond donors (Lipinski definition) is 34. The Labute approximate surface area is 425 Å². The van der Waals surface area contributed by atoms with E-state index in [1.165, 1.54) is 0 Å². The first-order valence-electron chi connectivity index (χ1n) is 20.8. The van der Waals surface area contributed by atoms with Crippen molar-refractivity contribution in [1.29, 1.82) is 0 Å². The molecule has 0 aromatic heterocycles. The number of nitrogens with two attached hydrogens (primary N) is 2. The average Bonchev–Trinajstić information content (AvgIpc) is 3.13. The minimum atomic E-state index is -5.31. The molecule has 38 heteroatoms. The fraction of sp³-hybridized carbons (Fsp3) is 0.789. The summed E-state index contributed by atoms with van der Waals surface area (Å²) in [6.45, 7) is -0.0764. The Kier molecular flexibility index (Phi) is 17.6. The lowest BCUT2D eigenvalue weighted by molar-refractivity contribution is -0.519. The van der Waals surface area contributed by atoms with Crippen LogP contribution in [0.25, 0.3) is 0 Å². The van der Waals surface area contributed by atoms with Crippen LogP contribution < -0.4 is 21.5 Å². The molecule has 0 heterocycles. The number of phenols is 4. The fourth-order valence-electron chi connectivity index (χ4n) is 8.87. The summed E-state index contributed by atoms with van der Waals surface area (Å²) < 4.78 is 8.97. The van der Waals surface area contributed by atoms with Crippen molar-refractivity contribution in [3.05, 3.63) is 5.56 Å². The number of aromatic hydroxyl groups is 4. The topological polar surface area (TPSA) is 744 Å². The summed E-state index contributed by atoms with van der Waals surface area (Å²) in [5, 5.41) is 340. The Morgan fingerprint density at radius 2 is 0.961 bits per heavy atom. The highest BCUT2D eigenvalue weighted by atomic mass is 16.9. The first-order valence-corrected chi connectivity index (χ1v) is 20.8. The first-order chi connectivity index (χ1) is 32.5. The number of carbonyl (C=O) groups excluding carboxylic acids is 2. The van der Waals surface area contributed by atoms with Crippen LogP contribution in [-0.2, 0) is 19.9 Å². The zero-order valence-electron chi connectivity index (χ0n) is 41.4. The molecule has 0 aliphatic carbocycles. The van der Waals surface area contributed by atoms with Crippen LogP contribution in [0.3, 0.4) is 0 Å². The second-order valence-electron chi connectivity index (χ2n) is 19.9. The number of benzene rings is 1. The monoisotopic (exact) mass is 1130 g/mol. The Bertz CT molecular complexity index is 2300. The molecule has 0 fully saturated rings. The van der Waals surface area contributed by atoms with Crippen LogP contribution in [0.1, 0.15) is 81.2 Å². The summed E-state index contributed by atoms with van der Waals surface area (Å²) in [4.78, 5) is 26.5. The molecule has 76 heavy (non-hydrogen) atoms. The van der Waals surface area contributed by atoms with Crippen LogP contribution in [0.4, 0.5) is 0 Å². The molecule has 2 amide bonds. The van der Waals surface area contributed by atoms with E-state index in [2.05, 4.69) is 4.74 Å². The van der Waals surface area contributed by atoms with E-state index in [1.54, 1.807) is 0 Å². The summed E-state index contributed by atoms with van der Waals surface area (Å²) >= 11 is 0. The number of carbonyl (C=O) groups is 2. The van der Waals surface area contributed by atoms with Crippen molar-refractivity contribution in [3.63, 3.8) is 0 Å². The highest BCUT2D eigenvalue weighted by Gasteiger charge is 2.83. The van der Waals surface area contributed by atoms with Gasteiger partial charge < -0.3 is 174 Å². The van der Waals surface area contributed by atoms with Crippen molar-refractivity contribution in [3.8, 4) is 28.7 Å². The van der Waals surface area contributed by atoms with Gasteiger partial charge in [-0.25, -0.2) is 0 Å². The quantitative estimate of drug-likeness (QED) is 0.0260. The van der Waals surface area contributed by atoms with Gasteiger partial charge in [-0.1, -0.05) is 13.8 Å². The smallest absolute Gasteiger partial charge is 0.319 e. The minimum absolute atomic E-state index is 0.0560. The molecule has 1 aromatic rings. The third-order valence-corrected chi connectivity index (χ3v) is 14.0. The van der Waals surface area contributed by atoms with Gasteiger partial charge in [-0.2, -0.15) is 0 Å². The van der Waals surface area contributed by atoms with Gasteiger partial charge in [-0.05, 0) is 41.5 Å². The third kappa shape index (κ3) is 10.3. The normalized spacial score (nSPS) is 21.2. The molecule has 0 spiro atoms. The van der Waals surface area contributed by atoms with E-state index in [1.807, 2.05) is 0 Å². The summed E-state index contributed by atoms with van der Waals surface area (Å²) in [6.07, 6.45) is -2.99. The van der Waals surface area contributed by atoms with E-state index in [9.17, 15) is 168 Å². The van der Waals surface area contributed by atoms with Crippen molar-refractivity contribution in [2.45, 2.75) is 168 Å². The van der Waals surface area contributed by atoms with Crippen molar-refractivity contribution in [2.75, 3.05) is 0 Å². The van der Waals surface area contributed by atoms with E-state index < -0.39 is 162 Å². The fourth-order valence-corrected chi connectivity index (χ4v) is 8.87. The van der Waals surface area contributed by atoms with Crippen LogP contribution in [0, 0.1) is 16.7 Å². The van der Waals surface area contributed by atoms with E-state index in [0.29, 0.717) is 12.2 Å².